The molecule has 2 atom stereocenters. The van der Waals surface area contributed by atoms with Crippen LogP contribution in [0.1, 0.15) is 66.7 Å². The van der Waals surface area contributed by atoms with Gasteiger partial charge < -0.3 is 4.74 Å². The van der Waals surface area contributed by atoms with Crippen molar-refractivity contribution in [1.29, 1.82) is 0 Å². The van der Waals surface area contributed by atoms with Gasteiger partial charge in [0.15, 0.2) is 11.5 Å². The number of carbonyl (C=O) groups is 2. The molecule has 0 spiro atoms. The highest BCUT2D eigenvalue weighted by Crippen LogP contribution is 2.28. The number of hydrogen-bond acceptors (Lipinski definition) is 3. The van der Waals surface area contributed by atoms with Crippen LogP contribution in [-0.2, 0) is 14.3 Å². The number of rotatable bonds is 9. The maximum Gasteiger partial charge on any atom is 0.201 e. The van der Waals surface area contributed by atoms with Crippen molar-refractivity contribution in [3.05, 3.63) is 46.8 Å². The maximum absolute atomic E-state index is 12.2. The molecule has 144 valence electrons. The Labute approximate surface area is 158 Å². The summed E-state index contributed by atoms with van der Waals surface area (Å²) in [4.78, 5) is 24.4. The van der Waals surface area contributed by atoms with E-state index in [9.17, 15) is 9.59 Å². The fourth-order valence-electron chi connectivity index (χ4n) is 3.11. The molecule has 2 unspecified atom stereocenters. The number of allylic oxidation sites excluding steroid dienone is 8. The lowest BCUT2D eigenvalue weighted by molar-refractivity contribution is -0.131. The Balaban J connectivity index is 2.51. The van der Waals surface area contributed by atoms with E-state index >= 15 is 0 Å². The van der Waals surface area contributed by atoms with Gasteiger partial charge in [-0.05, 0) is 59.8 Å². The standard InChI is InChI=1S/C23H34O3/c1-16(2)9-7-10-17(3)11-8-12-18(4)13-14-20-19(5)23(25)22(26-6)15-21(20)24/h9,11,13,15,19-20H,7-8,10,12,14H2,1-6H3/b17-11+,18-13+. The Morgan fingerprint density at radius 3 is 2.15 bits per heavy atom. The molecule has 1 aliphatic carbocycles. The zero-order valence-corrected chi connectivity index (χ0v) is 17.2. The number of methoxy groups -OCH3 is 1. The quantitative estimate of drug-likeness (QED) is 0.494. The van der Waals surface area contributed by atoms with Crippen LogP contribution in [0.15, 0.2) is 46.8 Å². The van der Waals surface area contributed by atoms with Crippen LogP contribution in [0.5, 0.6) is 0 Å². The lowest BCUT2D eigenvalue weighted by Gasteiger charge is -2.24. The van der Waals surface area contributed by atoms with Gasteiger partial charge >= 0.3 is 0 Å². The van der Waals surface area contributed by atoms with E-state index in [4.69, 9.17) is 4.74 Å². The van der Waals surface area contributed by atoms with Gasteiger partial charge in [0.25, 0.3) is 0 Å². The molecule has 0 aromatic heterocycles. The molecule has 0 aromatic carbocycles. The third-order valence-electron chi connectivity index (χ3n) is 4.96. The van der Waals surface area contributed by atoms with Crippen LogP contribution < -0.4 is 0 Å². The second kappa shape index (κ2) is 10.9. The highest BCUT2D eigenvalue weighted by molar-refractivity contribution is 6.09. The first kappa shape index (κ1) is 22.1. The van der Waals surface area contributed by atoms with Gasteiger partial charge in [-0.3, -0.25) is 9.59 Å². The summed E-state index contributed by atoms with van der Waals surface area (Å²) in [5, 5.41) is 0. The minimum atomic E-state index is -0.316. The topological polar surface area (TPSA) is 43.4 Å². The molecule has 0 radical (unpaired) electrons. The molecule has 0 amide bonds. The highest BCUT2D eigenvalue weighted by Gasteiger charge is 2.35. The van der Waals surface area contributed by atoms with Crippen molar-refractivity contribution in [3.63, 3.8) is 0 Å². The number of ketones is 2. The SMILES string of the molecule is COC1=CC(=O)C(C/C=C(\C)CC/C=C(\C)CCC=C(C)C)C(C)C1=O. The average Bonchev–Trinajstić information content (AvgIpc) is 2.57. The Morgan fingerprint density at radius 2 is 1.58 bits per heavy atom. The highest BCUT2D eigenvalue weighted by atomic mass is 16.5. The second-order valence-electron chi connectivity index (χ2n) is 7.57. The van der Waals surface area contributed by atoms with Gasteiger partial charge in [-0.25, -0.2) is 0 Å². The molecule has 0 saturated carbocycles. The molecule has 0 aromatic rings. The summed E-state index contributed by atoms with van der Waals surface area (Å²) >= 11 is 0. The first-order valence-electron chi connectivity index (χ1n) is 9.54. The molecule has 0 bridgehead atoms. The molecule has 0 saturated heterocycles. The van der Waals surface area contributed by atoms with Crippen LogP contribution in [0.25, 0.3) is 0 Å². The second-order valence-corrected chi connectivity index (χ2v) is 7.57. The van der Waals surface area contributed by atoms with Crippen LogP contribution >= 0.6 is 0 Å². The van der Waals surface area contributed by atoms with E-state index in [2.05, 4.69) is 45.9 Å². The smallest absolute Gasteiger partial charge is 0.201 e. The van der Waals surface area contributed by atoms with Crippen LogP contribution in [0.4, 0.5) is 0 Å². The Hall–Kier alpha value is -1.90. The third kappa shape index (κ3) is 7.15. The zero-order chi connectivity index (χ0) is 19.7. The normalized spacial score (nSPS) is 21.5. The van der Waals surface area contributed by atoms with E-state index in [1.54, 1.807) is 0 Å². The van der Waals surface area contributed by atoms with E-state index < -0.39 is 0 Å². The largest absolute Gasteiger partial charge is 0.493 e. The zero-order valence-electron chi connectivity index (χ0n) is 17.2. The fourth-order valence-corrected chi connectivity index (χ4v) is 3.11. The minimum Gasteiger partial charge on any atom is -0.493 e. The monoisotopic (exact) mass is 358 g/mol. The van der Waals surface area contributed by atoms with Crippen molar-refractivity contribution >= 4 is 11.6 Å². The van der Waals surface area contributed by atoms with Crippen molar-refractivity contribution in [3.8, 4) is 0 Å². The molecule has 1 rings (SSSR count). The molecule has 0 aliphatic heterocycles. The van der Waals surface area contributed by atoms with Gasteiger partial charge in [-0.1, -0.05) is 41.9 Å². The molecule has 0 N–H and O–H groups in total. The van der Waals surface area contributed by atoms with E-state index in [0.29, 0.717) is 6.42 Å². The summed E-state index contributed by atoms with van der Waals surface area (Å²) in [6.07, 6.45) is 12.9. The molecule has 3 heteroatoms. The fraction of sp³-hybridized carbons (Fsp3) is 0.565. The van der Waals surface area contributed by atoms with Crippen molar-refractivity contribution in [2.75, 3.05) is 7.11 Å². The summed E-state index contributed by atoms with van der Waals surface area (Å²) in [6, 6.07) is 0. The lowest BCUT2D eigenvalue weighted by atomic mass is 9.79. The summed E-state index contributed by atoms with van der Waals surface area (Å²) in [6.45, 7) is 10.4. The molecule has 1 aliphatic rings. The van der Waals surface area contributed by atoms with Gasteiger partial charge in [0, 0.05) is 17.9 Å². The predicted molar refractivity (Wildman–Crippen MR) is 108 cm³/mol. The van der Waals surface area contributed by atoms with Crippen molar-refractivity contribution in [2.24, 2.45) is 11.8 Å². The first-order chi connectivity index (χ1) is 12.3. The van der Waals surface area contributed by atoms with E-state index in [1.807, 2.05) is 6.92 Å². The Morgan fingerprint density at radius 1 is 1.00 bits per heavy atom. The molecule has 0 heterocycles. The van der Waals surface area contributed by atoms with Crippen LogP contribution in [0.3, 0.4) is 0 Å². The molecular formula is C23H34O3. The van der Waals surface area contributed by atoms with Crippen LogP contribution in [0.2, 0.25) is 0 Å². The molecule has 26 heavy (non-hydrogen) atoms. The lowest BCUT2D eigenvalue weighted by Crippen LogP contribution is -2.33. The number of ether oxygens (including phenoxy) is 1. The van der Waals surface area contributed by atoms with Crippen molar-refractivity contribution < 1.29 is 14.3 Å². The van der Waals surface area contributed by atoms with Crippen molar-refractivity contribution in [1.82, 2.24) is 0 Å². The Kier molecular flexibility index (Phi) is 9.32. The molecular weight excluding hydrogens is 324 g/mol. The van der Waals surface area contributed by atoms with E-state index in [-0.39, 0.29) is 29.2 Å². The van der Waals surface area contributed by atoms with Crippen molar-refractivity contribution in [2.45, 2.75) is 66.7 Å². The summed E-state index contributed by atoms with van der Waals surface area (Å²) in [7, 11) is 1.43. The van der Waals surface area contributed by atoms with Gasteiger partial charge in [-0.2, -0.15) is 0 Å². The summed E-state index contributed by atoms with van der Waals surface area (Å²) in [5.41, 5.74) is 4.07. The predicted octanol–water partition coefficient (Wildman–Crippen LogP) is 5.73. The average molecular weight is 359 g/mol. The minimum absolute atomic E-state index is 0.00647. The van der Waals surface area contributed by atoms with Gasteiger partial charge in [0.2, 0.25) is 5.78 Å². The van der Waals surface area contributed by atoms with E-state index in [0.717, 1.165) is 25.7 Å². The van der Waals surface area contributed by atoms with Gasteiger partial charge in [0.05, 0.1) is 7.11 Å². The summed E-state index contributed by atoms with van der Waals surface area (Å²) in [5.74, 6) is -0.472. The summed E-state index contributed by atoms with van der Waals surface area (Å²) < 4.78 is 5.00. The first-order valence-corrected chi connectivity index (χ1v) is 9.54. The van der Waals surface area contributed by atoms with Crippen LogP contribution in [0, 0.1) is 11.8 Å². The maximum atomic E-state index is 12.2. The van der Waals surface area contributed by atoms with Gasteiger partial charge in [-0.15, -0.1) is 0 Å². The van der Waals surface area contributed by atoms with Crippen LogP contribution in [-0.4, -0.2) is 18.7 Å². The molecule has 3 nitrogen and oxygen atoms in total. The molecule has 0 fully saturated rings. The Bertz CT molecular complexity index is 628. The number of hydrogen-bond donors (Lipinski definition) is 0. The van der Waals surface area contributed by atoms with Gasteiger partial charge in [0.1, 0.15) is 0 Å². The number of Topliss-reactive ketones (excluding diaryl/α,β-unsaturated/α-hetero) is 1. The third-order valence-corrected chi connectivity index (χ3v) is 4.96. The number of carbonyl (C=O) groups excluding carboxylic acids is 2. The van der Waals surface area contributed by atoms with E-state index in [1.165, 1.54) is 29.9 Å².